The molecule has 0 aliphatic rings. The highest BCUT2D eigenvalue weighted by Crippen LogP contribution is 2.10. The van der Waals surface area contributed by atoms with Crippen molar-refractivity contribution in [3.05, 3.63) is 35.4 Å². The number of halogens is 3. The first kappa shape index (κ1) is 10.4. The highest BCUT2D eigenvalue weighted by Gasteiger charge is 2.02. The van der Waals surface area contributed by atoms with Gasteiger partial charge in [0.05, 0.1) is 0 Å². The molecule has 0 radical (unpaired) electrons. The van der Waals surface area contributed by atoms with Gasteiger partial charge in [0.15, 0.2) is 0 Å². The second-order valence-electron chi connectivity index (χ2n) is 2.55. The van der Waals surface area contributed by atoms with E-state index in [1.165, 1.54) is 5.56 Å². The van der Waals surface area contributed by atoms with Crippen LogP contribution in [0.3, 0.4) is 0 Å². The van der Waals surface area contributed by atoms with Crippen LogP contribution < -0.4 is 0 Å². The van der Waals surface area contributed by atoms with Crippen LogP contribution in [0, 0.1) is 0 Å². The van der Waals surface area contributed by atoms with Crippen molar-refractivity contribution in [1.82, 2.24) is 0 Å². The predicted molar refractivity (Wildman–Crippen MR) is 58.6 cm³/mol. The third-order valence-electron chi connectivity index (χ3n) is 1.57. The standard InChI is InChI=1S/C8H9Cl3Si/c9-5-7-1-3-8(4-2-7)6-12(10)11/h1-4,12H,5-6H2. The van der Waals surface area contributed by atoms with E-state index < -0.39 is 7.42 Å². The second kappa shape index (κ2) is 5.13. The quantitative estimate of drug-likeness (QED) is 0.432. The zero-order chi connectivity index (χ0) is 8.97. The maximum atomic E-state index is 5.76. The van der Waals surface area contributed by atoms with Crippen LogP contribution in [0.2, 0.25) is 0 Å². The molecule has 0 nitrogen and oxygen atoms in total. The fraction of sp³-hybridized carbons (Fsp3) is 0.250. The number of alkyl halides is 1. The molecule has 1 aromatic carbocycles. The van der Waals surface area contributed by atoms with Crippen LogP contribution in [0.1, 0.15) is 11.1 Å². The lowest BCUT2D eigenvalue weighted by Crippen LogP contribution is -1.99. The molecule has 12 heavy (non-hydrogen) atoms. The maximum Gasteiger partial charge on any atom is 0.241 e. The molecule has 0 fully saturated rings. The van der Waals surface area contributed by atoms with Crippen molar-refractivity contribution < 1.29 is 0 Å². The van der Waals surface area contributed by atoms with E-state index in [1.54, 1.807) is 0 Å². The van der Waals surface area contributed by atoms with E-state index in [0.717, 1.165) is 11.6 Å². The van der Waals surface area contributed by atoms with E-state index in [1.807, 2.05) is 24.3 Å². The summed E-state index contributed by atoms with van der Waals surface area (Å²) in [6, 6.07) is 8.90. The summed E-state index contributed by atoms with van der Waals surface area (Å²) >= 11 is 17.2. The Labute approximate surface area is 88.5 Å². The molecule has 1 rings (SSSR count). The van der Waals surface area contributed by atoms with E-state index in [9.17, 15) is 0 Å². The van der Waals surface area contributed by atoms with Gasteiger partial charge in [0.25, 0.3) is 0 Å². The summed E-state index contributed by atoms with van der Waals surface area (Å²) < 4.78 is 0. The molecule has 0 atom stereocenters. The lowest BCUT2D eigenvalue weighted by atomic mass is 10.2. The molecule has 0 aromatic heterocycles. The molecule has 0 saturated heterocycles. The van der Waals surface area contributed by atoms with Gasteiger partial charge in [-0.05, 0) is 17.2 Å². The monoisotopic (exact) mass is 238 g/mol. The van der Waals surface area contributed by atoms with E-state index in [2.05, 4.69) is 0 Å². The third kappa shape index (κ3) is 3.36. The average Bonchev–Trinajstić information content (AvgIpc) is 2.05. The molecule has 0 bridgehead atoms. The van der Waals surface area contributed by atoms with Crippen molar-refractivity contribution in [3.63, 3.8) is 0 Å². The van der Waals surface area contributed by atoms with Crippen molar-refractivity contribution in [1.29, 1.82) is 0 Å². The molecule has 0 aliphatic heterocycles. The van der Waals surface area contributed by atoms with Crippen LogP contribution in [-0.4, -0.2) is 7.42 Å². The van der Waals surface area contributed by atoms with E-state index in [-0.39, 0.29) is 0 Å². The predicted octanol–water partition coefficient (Wildman–Crippen LogP) is 3.21. The van der Waals surface area contributed by atoms with Gasteiger partial charge in [-0.1, -0.05) is 24.3 Å². The molecular weight excluding hydrogens is 231 g/mol. The minimum atomic E-state index is -1.51. The highest BCUT2D eigenvalue weighted by atomic mass is 35.7. The smallest absolute Gasteiger partial charge is 0.150 e. The third-order valence-corrected chi connectivity index (χ3v) is 3.58. The summed E-state index contributed by atoms with van der Waals surface area (Å²) in [7, 11) is -1.51. The molecule has 0 aliphatic carbocycles. The summed E-state index contributed by atoms with van der Waals surface area (Å²) in [4.78, 5) is 0. The fourth-order valence-corrected chi connectivity index (χ4v) is 2.82. The van der Waals surface area contributed by atoms with Gasteiger partial charge < -0.3 is 0 Å². The minimum Gasteiger partial charge on any atom is -0.150 e. The van der Waals surface area contributed by atoms with Crippen molar-refractivity contribution in [3.8, 4) is 0 Å². The molecule has 66 valence electrons. The first-order valence-corrected chi connectivity index (χ1v) is 8.48. The first-order valence-electron chi connectivity index (χ1n) is 3.64. The van der Waals surface area contributed by atoms with Crippen LogP contribution in [0.4, 0.5) is 0 Å². The number of hydrogen-bond donors (Lipinski definition) is 0. The van der Waals surface area contributed by atoms with Gasteiger partial charge in [0.1, 0.15) is 0 Å². The highest BCUT2D eigenvalue weighted by molar-refractivity contribution is 7.33. The average molecular weight is 240 g/mol. The Kier molecular flexibility index (Phi) is 4.44. The van der Waals surface area contributed by atoms with Crippen LogP contribution in [0.15, 0.2) is 24.3 Å². The molecule has 0 heterocycles. The summed E-state index contributed by atoms with van der Waals surface area (Å²) in [5.41, 5.74) is 2.33. The number of rotatable bonds is 3. The Morgan fingerprint density at radius 3 is 1.92 bits per heavy atom. The summed E-state index contributed by atoms with van der Waals surface area (Å²) in [5.74, 6) is 0.558. The summed E-state index contributed by atoms with van der Waals surface area (Å²) in [6.07, 6.45) is 0. The lowest BCUT2D eigenvalue weighted by molar-refractivity contribution is 1.33. The van der Waals surface area contributed by atoms with Gasteiger partial charge in [-0.15, -0.1) is 33.8 Å². The SMILES string of the molecule is ClCc1ccc(C[SiH](Cl)Cl)cc1. The van der Waals surface area contributed by atoms with Gasteiger partial charge in [-0.25, -0.2) is 0 Å². The van der Waals surface area contributed by atoms with Gasteiger partial charge in [0, 0.05) is 5.88 Å². The van der Waals surface area contributed by atoms with Gasteiger partial charge in [-0.2, -0.15) is 0 Å². The molecular formula is C8H9Cl3Si. The van der Waals surface area contributed by atoms with E-state index in [4.69, 9.17) is 33.8 Å². The molecule has 1 aromatic rings. The van der Waals surface area contributed by atoms with E-state index in [0.29, 0.717) is 5.88 Å². The molecule has 0 spiro atoms. The van der Waals surface area contributed by atoms with Gasteiger partial charge >= 0.3 is 0 Å². The Balaban J connectivity index is 2.65. The largest absolute Gasteiger partial charge is 0.241 e. The maximum absolute atomic E-state index is 5.76. The van der Waals surface area contributed by atoms with E-state index >= 15 is 0 Å². The first-order chi connectivity index (χ1) is 5.72. The van der Waals surface area contributed by atoms with Crippen molar-refractivity contribution in [2.24, 2.45) is 0 Å². The zero-order valence-electron chi connectivity index (χ0n) is 6.43. The number of benzene rings is 1. The van der Waals surface area contributed by atoms with Gasteiger partial charge in [-0.3, -0.25) is 0 Å². The molecule has 0 amide bonds. The summed E-state index contributed by atoms with van der Waals surface area (Å²) in [6.45, 7) is 0. The zero-order valence-corrected chi connectivity index (χ0v) is 9.86. The van der Waals surface area contributed by atoms with Crippen molar-refractivity contribution >= 4 is 41.2 Å². The Hall–Kier alpha value is 0.307. The molecule has 4 heteroatoms. The molecule has 0 saturated carbocycles. The van der Waals surface area contributed by atoms with Crippen LogP contribution in [0.25, 0.3) is 0 Å². The Morgan fingerprint density at radius 2 is 1.50 bits per heavy atom. The van der Waals surface area contributed by atoms with Crippen LogP contribution >= 0.6 is 33.8 Å². The van der Waals surface area contributed by atoms with Crippen molar-refractivity contribution in [2.75, 3.05) is 0 Å². The fourth-order valence-electron chi connectivity index (χ4n) is 0.943. The number of hydrogen-bond acceptors (Lipinski definition) is 0. The van der Waals surface area contributed by atoms with Gasteiger partial charge in [0.2, 0.25) is 7.42 Å². The molecule has 0 N–H and O–H groups in total. The second-order valence-corrected chi connectivity index (χ2v) is 7.83. The summed E-state index contributed by atoms with van der Waals surface area (Å²) in [5, 5.41) is 0. The molecule has 0 unspecified atom stereocenters. The topological polar surface area (TPSA) is 0 Å². The Bertz CT molecular complexity index is 233. The van der Waals surface area contributed by atoms with Crippen molar-refractivity contribution in [2.45, 2.75) is 11.9 Å². The Morgan fingerprint density at radius 1 is 1.00 bits per heavy atom. The van der Waals surface area contributed by atoms with Crippen LogP contribution in [0.5, 0.6) is 0 Å². The minimum absolute atomic E-state index is 0.558. The normalized spacial score (nSPS) is 10.7. The lowest BCUT2D eigenvalue weighted by Gasteiger charge is -2.00. The van der Waals surface area contributed by atoms with Crippen LogP contribution in [-0.2, 0) is 11.9 Å².